The van der Waals surface area contributed by atoms with E-state index in [-0.39, 0.29) is 11.5 Å². The molecule has 0 bridgehead atoms. The van der Waals surface area contributed by atoms with Crippen LogP contribution in [0.2, 0.25) is 0 Å². The van der Waals surface area contributed by atoms with Crippen molar-refractivity contribution in [2.24, 2.45) is 5.92 Å². The fourth-order valence-corrected chi connectivity index (χ4v) is 4.31. The first-order valence-electron chi connectivity index (χ1n) is 8.67. The molecule has 0 saturated heterocycles. The highest BCUT2D eigenvalue weighted by Gasteiger charge is 2.38. The molecule has 3 nitrogen and oxygen atoms in total. The molecule has 0 spiro atoms. The average molecular weight is 301 g/mol. The van der Waals surface area contributed by atoms with Crippen LogP contribution < -0.4 is 5.32 Å². The van der Waals surface area contributed by atoms with Gasteiger partial charge in [0.05, 0.1) is 5.92 Å². The summed E-state index contributed by atoms with van der Waals surface area (Å²) in [6.45, 7) is 2.16. The number of carboxylic acid groups (broad SMARTS) is 1. The molecule has 0 unspecified atom stereocenters. The van der Waals surface area contributed by atoms with Gasteiger partial charge in [-0.15, -0.1) is 0 Å². The van der Waals surface area contributed by atoms with Crippen LogP contribution in [0.3, 0.4) is 0 Å². The maximum Gasteiger partial charge on any atom is 0.306 e. The van der Waals surface area contributed by atoms with Crippen molar-refractivity contribution in [1.29, 1.82) is 0 Å². The highest BCUT2D eigenvalue weighted by atomic mass is 16.4. The van der Waals surface area contributed by atoms with Crippen LogP contribution in [0.1, 0.15) is 62.5 Å². The normalized spacial score (nSPS) is 27.7. The SMILES string of the molecule is Cc1cccc(C2(NC3CCC(C(=O)O)CC3)CCCC2)c1. The predicted molar refractivity (Wildman–Crippen MR) is 87.8 cm³/mol. The summed E-state index contributed by atoms with van der Waals surface area (Å²) in [6, 6.07) is 9.36. The number of benzene rings is 1. The largest absolute Gasteiger partial charge is 0.481 e. The predicted octanol–water partition coefficient (Wildman–Crippen LogP) is 4.00. The van der Waals surface area contributed by atoms with Crippen molar-refractivity contribution in [3.63, 3.8) is 0 Å². The molecule has 22 heavy (non-hydrogen) atoms. The van der Waals surface area contributed by atoms with E-state index < -0.39 is 5.97 Å². The van der Waals surface area contributed by atoms with Crippen LogP contribution >= 0.6 is 0 Å². The smallest absolute Gasteiger partial charge is 0.306 e. The van der Waals surface area contributed by atoms with Gasteiger partial charge in [-0.3, -0.25) is 4.79 Å². The van der Waals surface area contributed by atoms with Gasteiger partial charge in [-0.1, -0.05) is 42.7 Å². The van der Waals surface area contributed by atoms with Crippen LogP contribution in [0, 0.1) is 12.8 Å². The lowest BCUT2D eigenvalue weighted by Crippen LogP contribution is -2.47. The van der Waals surface area contributed by atoms with Crippen LogP contribution in [0.4, 0.5) is 0 Å². The Bertz CT molecular complexity index is 526. The van der Waals surface area contributed by atoms with Gasteiger partial charge < -0.3 is 10.4 Å². The van der Waals surface area contributed by atoms with Gasteiger partial charge in [0.2, 0.25) is 0 Å². The van der Waals surface area contributed by atoms with Crippen molar-refractivity contribution in [2.75, 3.05) is 0 Å². The first kappa shape index (κ1) is 15.5. The summed E-state index contributed by atoms with van der Waals surface area (Å²) < 4.78 is 0. The highest BCUT2D eigenvalue weighted by Crippen LogP contribution is 2.40. The number of carboxylic acids is 1. The number of aryl methyl sites for hydroxylation is 1. The van der Waals surface area contributed by atoms with E-state index in [9.17, 15) is 4.79 Å². The Labute approximate surface area is 133 Å². The lowest BCUT2D eigenvalue weighted by molar-refractivity contribution is -0.142. The summed E-state index contributed by atoms with van der Waals surface area (Å²) in [5, 5.41) is 13.1. The van der Waals surface area contributed by atoms with Crippen LogP contribution in [-0.2, 0) is 10.3 Å². The molecule has 2 aliphatic rings. The highest BCUT2D eigenvalue weighted by molar-refractivity contribution is 5.70. The lowest BCUT2D eigenvalue weighted by Gasteiger charge is -2.38. The second kappa shape index (κ2) is 6.41. The van der Waals surface area contributed by atoms with Crippen LogP contribution in [0.15, 0.2) is 24.3 Å². The molecule has 1 aromatic rings. The van der Waals surface area contributed by atoms with E-state index in [1.807, 2.05) is 0 Å². The Morgan fingerprint density at radius 3 is 2.45 bits per heavy atom. The molecule has 0 amide bonds. The first-order chi connectivity index (χ1) is 10.6. The second-order valence-electron chi connectivity index (χ2n) is 7.19. The van der Waals surface area contributed by atoms with E-state index >= 15 is 0 Å². The van der Waals surface area contributed by atoms with E-state index in [0.717, 1.165) is 25.7 Å². The van der Waals surface area contributed by atoms with E-state index in [0.29, 0.717) is 6.04 Å². The summed E-state index contributed by atoms with van der Waals surface area (Å²) >= 11 is 0. The Balaban J connectivity index is 1.72. The molecule has 0 heterocycles. The van der Waals surface area contributed by atoms with Gasteiger partial charge in [0.25, 0.3) is 0 Å². The number of aliphatic carboxylic acids is 1. The van der Waals surface area contributed by atoms with Gasteiger partial charge in [0.1, 0.15) is 0 Å². The molecule has 2 aliphatic carbocycles. The zero-order valence-corrected chi connectivity index (χ0v) is 13.5. The zero-order chi connectivity index (χ0) is 15.6. The number of nitrogens with one attached hydrogen (secondary N) is 1. The van der Waals surface area contributed by atoms with Gasteiger partial charge in [-0.05, 0) is 51.0 Å². The van der Waals surface area contributed by atoms with E-state index in [1.54, 1.807) is 0 Å². The van der Waals surface area contributed by atoms with Gasteiger partial charge >= 0.3 is 5.97 Å². The van der Waals surface area contributed by atoms with Crippen molar-refractivity contribution in [2.45, 2.75) is 69.9 Å². The third kappa shape index (κ3) is 3.19. The average Bonchev–Trinajstić information content (AvgIpc) is 2.97. The molecule has 2 N–H and O–H groups in total. The topological polar surface area (TPSA) is 49.3 Å². The molecule has 0 radical (unpaired) electrons. The van der Waals surface area contributed by atoms with E-state index in [4.69, 9.17) is 5.11 Å². The van der Waals surface area contributed by atoms with Crippen molar-refractivity contribution < 1.29 is 9.90 Å². The number of carbonyl (C=O) groups is 1. The number of hydrogen-bond donors (Lipinski definition) is 2. The molecular weight excluding hydrogens is 274 g/mol. The van der Waals surface area contributed by atoms with Gasteiger partial charge in [0, 0.05) is 11.6 Å². The van der Waals surface area contributed by atoms with Gasteiger partial charge in [-0.2, -0.15) is 0 Å². The molecule has 2 saturated carbocycles. The summed E-state index contributed by atoms with van der Waals surface area (Å²) in [7, 11) is 0. The van der Waals surface area contributed by atoms with E-state index in [1.165, 1.54) is 36.8 Å². The summed E-state index contributed by atoms with van der Waals surface area (Å²) in [4.78, 5) is 11.1. The van der Waals surface area contributed by atoms with Crippen LogP contribution in [0.25, 0.3) is 0 Å². The fourth-order valence-electron chi connectivity index (χ4n) is 4.31. The molecule has 3 rings (SSSR count). The summed E-state index contributed by atoms with van der Waals surface area (Å²) in [6.07, 6.45) is 8.59. The molecule has 120 valence electrons. The lowest BCUT2D eigenvalue weighted by atomic mass is 9.82. The zero-order valence-electron chi connectivity index (χ0n) is 13.5. The van der Waals surface area contributed by atoms with Crippen molar-refractivity contribution >= 4 is 5.97 Å². The minimum absolute atomic E-state index is 0.118. The first-order valence-corrected chi connectivity index (χ1v) is 8.67. The monoisotopic (exact) mass is 301 g/mol. The van der Waals surface area contributed by atoms with E-state index in [2.05, 4.69) is 36.5 Å². The van der Waals surface area contributed by atoms with Crippen LogP contribution in [0.5, 0.6) is 0 Å². The van der Waals surface area contributed by atoms with Gasteiger partial charge in [0.15, 0.2) is 0 Å². The second-order valence-corrected chi connectivity index (χ2v) is 7.19. The Hall–Kier alpha value is -1.35. The maximum absolute atomic E-state index is 11.1. The minimum atomic E-state index is -0.618. The third-order valence-corrected chi connectivity index (χ3v) is 5.58. The van der Waals surface area contributed by atoms with Crippen molar-refractivity contribution in [3.8, 4) is 0 Å². The Morgan fingerprint density at radius 2 is 1.86 bits per heavy atom. The fraction of sp³-hybridized carbons (Fsp3) is 0.632. The Morgan fingerprint density at radius 1 is 1.18 bits per heavy atom. The quantitative estimate of drug-likeness (QED) is 0.884. The van der Waals surface area contributed by atoms with Crippen LogP contribution in [-0.4, -0.2) is 17.1 Å². The minimum Gasteiger partial charge on any atom is -0.481 e. The van der Waals surface area contributed by atoms with Gasteiger partial charge in [-0.25, -0.2) is 0 Å². The standard InChI is InChI=1S/C19H27NO2/c1-14-5-4-6-16(13-14)19(11-2-3-12-19)20-17-9-7-15(8-10-17)18(21)22/h4-6,13,15,17,20H,2-3,7-12H2,1H3,(H,21,22). The third-order valence-electron chi connectivity index (χ3n) is 5.58. The molecule has 1 aromatic carbocycles. The Kier molecular flexibility index (Phi) is 4.53. The molecule has 0 atom stereocenters. The maximum atomic E-state index is 11.1. The summed E-state index contributed by atoms with van der Waals surface area (Å²) in [5.74, 6) is -0.746. The molecule has 2 fully saturated rings. The molecular formula is C19H27NO2. The number of rotatable bonds is 4. The molecule has 3 heteroatoms. The molecule has 0 aromatic heterocycles. The van der Waals surface area contributed by atoms with Crippen molar-refractivity contribution in [3.05, 3.63) is 35.4 Å². The molecule has 0 aliphatic heterocycles. The number of hydrogen-bond acceptors (Lipinski definition) is 2. The summed E-state index contributed by atoms with van der Waals surface area (Å²) in [5.41, 5.74) is 2.86. The van der Waals surface area contributed by atoms with Crippen molar-refractivity contribution in [1.82, 2.24) is 5.32 Å².